The Kier molecular flexibility index (Phi) is 1.45. The first-order chi connectivity index (χ1) is 11.5. The fourth-order valence-corrected chi connectivity index (χ4v) is 3.59. The summed E-state index contributed by atoms with van der Waals surface area (Å²) >= 11 is 0. The average molecular weight is 278 g/mol. The van der Waals surface area contributed by atoms with Crippen molar-refractivity contribution in [1.82, 2.24) is 14.1 Å². The van der Waals surface area contributed by atoms with E-state index < -0.39 is 6.98 Å². The van der Waals surface area contributed by atoms with Crippen molar-refractivity contribution in [3.63, 3.8) is 0 Å². The summed E-state index contributed by atoms with van der Waals surface area (Å²) < 4.78 is 29.6. The molecule has 0 fully saturated rings. The molecule has 1 aliphatic rings. The van der Waals surface area contributed by atoms with E-state index in [2.05, 4.69) is 21.7 Å². The third kappa shape index (κ3) is 1.17. The van der Waals surface area contributed by atoms with Gasteiger partial charge in [-0.2, -0.15) is 0 Å². The maximum absolute atomic E-state index is 8.00. The molecule has 4 nitrogen and oxygen atoms in total. The molecule has 4 aromatic rings. The second kappa shape index (κ2) is 3.52. The lowest BCUT2D eigenvalue weighted by molar-refractivity contribution is -0.636. The van der Waals surface area contributed by atoms with Gasteiger partial charge < -0.3 is 0 Å². The smallest absolute Gasteiger partial charge is 0.261 e. The van der Waals surface area contributed by atoms with Crippen LogP contribution in [0.1, 0.15) is 9.68 Å². The van der Waals surface area contributed by atoms with Crippen LogP contribution in [0.15, 0.2) is 42.7 Å². The summed E-state index contributed by atoms with van der Waals surface area (Å²) in [6.07, 6.45) is 3.35. The number of benzene rings is 1. The predicted molar refractivity (Wildman–Crippen MR) is 81.9 cm³/mol. The first kappa shape index (κ1) is 8.62. The Labute approximate surface area is 126 Å². The molecule has 3 aromatic heterocycles. The highest BCUT2D eigenvalue weighted by Gasteiger charge is 2.33. The Morgan fingerprint density at radius 1 is 1.29 bits per heavy atom. The minimum atomic E-state index is -2.26. The molecule has 0 spiro atoms. The Hall–Kier alpha value is -2.62. The largest absolute Gasteiger partial charge is 0.269 e. The van der Waals surface area contributed by atoms with Crippen LogP contribution in [-0.4, -0.2) is 14.1 Å². The van der Waals surface area contributed by atoms with Gasteiger partial charge in [-0.15, -0.1) is 0 Å². The number of hydrogen-bond donors (Lipinski definition) is 0. The van der Waals surface area contributed by atoms with E-state index in [9.17, 15) is 0 Å². The van der Waals surface area contributed by atoms with Crippen LogP contribution in [0.4, 0.5) is 0 Å². The van der Waals surface area contributed by atoms with Crippen LogP contribution in [0.3, 0.4) is 0 Å². The van der Waals surface area contributed by atoms with Crippen molar-refractivity contribution in [2.45, 2.75) is 6.54 Å². The van der Waals surface area contributed by atoms with Gasteiger partial charge >= 0.3 is 0 Å². The highest BCUT2D eigenvalue weighted by atomic mass is 15.2. The van der Waals surface area contributed by atoms with E-state index in [1.54, 1.807) is 12.4 Å². The third-order valence-corrected chi connectivity index (χ3v) is 4.47. The van der Waals surface area contributed by atoms with Crippen molar-refractivity contribution >= 4 is 22.1 Å². The molecule has 0 saturated carbocycles. The summed E-state index contributed by atoms with van der Waals surface area (Å²) in [6.45, 7) is -1.51. The predicted octanol–water partition coefficient (Wildman–Crippen LogP) is 2.38. The summed E-state index contributed by atoms with van der Waals surface area (Å²) in [5.41, 5.74) is 4.73. The van der Waals surface area contributed by atoms with E-state index in [0.29, 0.717) is 11.2 Å². The van der Waals surface area contributed by atoms with E-state index in [1.807, 2.05) is 29.8 Å². The number of fused-ring (bicyclic) bond motifs is 7. The van der Waals surface area contributed by atoms with E-state index in [4.69, 9.17) is 4.11 Å². The van der Waals surface area contributed by atoms with Crippen LogP contribution < -0.4 is 4.57 Å². The molecule has 102 valence electrons. The highest BCUT2D eigenvalue weighted by Crippen LogP contribution is 2.36. The second-order valence-corrected chi connectivity index (χ2v) is 5.53. The minimum Gasteiger partial charge on any atom is -0.261 e. The van der Waals surface area contributed by atoms with Crippen molar-refractivity contribution in [2.75, 3.05) is 0 Å². The number of pyridine rings is 1. The monoisotopic (exact) mass is 278 g/mol. The molecule has 0 N–H and O–H groups in total. The summed E-state index contributed by atoms with van der Waals surface area (Å²) in [6, 6.07) is 10.2. The molecule has 0 atom stereocenters. The molecule has 1 aliphatic heterocycles. The van der Waals surface area contributed by atoms with E-state index in [1.165, 1.54) is 10.1 Å². The number of aromatic nitrogens is 4. The Morgan fingerprint density at radius 3 is 3.10 bits per heavy atom. The molecule has 0 bridgehead atoms. The van der Waals surface area contributed by atoms with Crippen LogP contribution in [0.25, 0.3) is 33.5 Å². The summed E-state index contributed by atoms with van der Waals surface area (Å²) in [4.78, 5) is 4.14. The van der Waals surface area contributed by atoms with Gasteiger partial charge in [0.25, 0.3) is 5.65 Å². The molecule has 0 unspecified atom stereocenters. The summed E-state index contributed by atoms with van der Waals surface area (Å²) in [5, 5.41) is 0.922. The number of nitrogens with zero attached hydrogens (tertiary/aromatic N) is 4. The molecule has 1 aromatic carbocycles. The number of rotatable bonds is 0. The lowest BCUT2D eigenvalue weighted by atomic mass is 10.1. The average Bonchev–Trinajstić information content (AvgIpc) is 3.15. The van der Waals surface area contributed by atoms with E-state index >= 15 is 0 Å². The fourth-order valence-electron chi connectivity index (χ4n) is 3.59. The van der Waals surface area contributed by atoms with Gasteiger partial charge in [0.05, 0.1) is 41.8 Å². The Morgan fingerprint density at radius 2 is 2.19 bits per heavy atom. The van der Waals surface area contributed by atoms with E-state index in [-0.39, 0.29) is 0 Å². The maximum Gasteiger partial charge on any atom is 0.269 e. The second-order valence-electron chi connectivity index (χ2n) is 5.53. The van der Waals surface area contributed by atoms with Crippen LogP contribution in [0, 0.1) is 0 Å². The quantitative estimate of drug-likeness (QED) is 0.399. The molecule has 4 heterocycles. The van der Waals surface area contributed by atoms with Crippen molar-refractivity contribution in [3.8, 4) is 11.4 Å². The van der Waals surface area contributed by atoms with Gasteiger partial charge in [0.2, 0.25) is 5.82 Å². The number of aryl methyl sites for hydroxylation is 2. The SMILES string of the molecule is [2H]C([2H])([2H])n1c2cnccc2c2c1[n+](C)c1n2Cc2ccccc2-1. The number of hydrogen-bond acceptors (Lipinski definition) is 1. The maximum atomic E-state index is 8.00. The zero-order valence-corrected chi connectivity index (χ0v) is 11.5. The summed E-state index contributed by atoms with van der Waals surface area (Å²) in [5.74, 6) is 1.05. The van der Waals surface area contributed by atoms with Crippen molar-refractivity contribution in [3.05, 3.63) is 48.3 Å². The Bertz CT molecular complexity index is 1130. The third-order valence-electron chi connectivity index (χ3n) is 4.47. The molecular weight excluding hydrogens is 260 g/mol. The molecule has 4 heteroatoms. The number of imidazole rings is 1. The van der Waals surface area contributed by atoms with Gasteiger partial charge in [0, 0.05) is 6.20 Å². The zero-order chi connectivity index (χ0) is 16.6. The lowest BCUT2D eigenvalue weighted by Crippen LogP contribution is -2.31. The zero-order valence-electron chi connectivity index (χ0n) is 14.5. The lowest BCUT2D eigenvalue weighted by Gasteiger charge is -1.98. The van der Waals surface area contributed by atoms with Gasteiger partial charge in [-0.25, -0.2) is 9.13 Å². The molecule has 0 radical (unpaired) electrons. The normalized spacial score (nSPS) is 15.8. The molecular formula is C17H15N4+. The van der Waals surface area contributed by atoms with Gasteiger partial charge in [-0.3, -0.25) is 9.55 Å². The van der Waals surface area contributed by atoms with E-state index in [0.717, 1.165) is 28.8 Å². The fraction of sp³-hybridized carbons (Fsp3) is 0.176. The minimum absolute atomic E-state index is 0.643. The van der Waals surface area contributed by atoms with Gasteiger partial charge in [-0.1, -0.05) is 18.2 Å². The molecule has 0 amide bonds. The topological polar surface area (TPSA) is 26.6 Å². The first-order valence-electron chi connectivity index (χ1n) is 8.44. The van der Waals surface area contributed by atoms with Gasteiger partial charge in [0.15, 0.2) is 5.52 Å². The van der Waals surface area contributed by atoms with Crippen molar-refractivity contribution < 1.29 is 8.68 Å². The first-order valence-corrected chi connectivity index (χ1v) is 6.94. The van der Waals surface area contributed by atoms with Crippen LogP contribution in [0.2, 0.25) is 0 Å². The summed E-state index contributed by atoms with van der Waals surface area (Å²) in [7, 11) is 1.94. The molecule has 0 aliphatic carbocycles. The standard InChI is InChI=1S/C17H15N4/c1-19-14-9-18-8-7-13(14)15-17(19)20(2)16-12-6-4-3-5-11(12)10-21(15)16/h3-9H,10H2,1-2H3/q+1/i1D3. The van der Waals surface area contributed by atoms with Gasteiger partial charge in [-0.05, 0) is 17.7 Å². The van der Waals surface area contributed by atoms with Crippen LogP contribution in [-0.2, 0) is 20.6 Å². The Balaban J connectivity index is 2.02. The van der Waals surface area contributed by atoms with Crippen LogP contribution in [0.5, 0.6) is 0 Å². The van der Waals surface area contributed by atoms with Crippen molar-refractivity contribution in [2.24, 2.45) is 14.0 Å². The van der Waals surface area contributed by atoms with Crippen molar-refractivity contribution in [1.29, 1.82) is 0 Å². The van der Waals surface area contributed by atoms with Gasteiger partial charge in [0.1, 0.15) is 5.52 Å². The molecule has 5 rings (SSSR count). The molecule has 0 saturated heterocycles. The highest BCUT2D eigenvalue weighted by molar-refractivity contribution is 6.04. The molecule has 21 heavy (non-hydrogen) atoms. The van der Waals surface area contributed by atoms with Crippen LogP contribution >= 0.6 is 0 Å².